The fourth-order valence-corrected chi connectivity index (χ4v) is 1.46. The Morgan fingerprint density at radius 2 is 2.28 bits per heavy atom. The summed E-state index contributed by atoms with van der Waals surface area (Å²) in [5, 5.41) is 10.6. The molecule has 2 N–H and O–H groups in total. The molecule has 2 aromatic rings. The number of H-pyrrole nitrogens is 1. The minimum Gasteiger partial charge on any atom is -0.372 e. The van der Waals surface area contributed by atoms with Crippen LogP contribution in [0.15, 0.2) is 24.5 Å². The number of nitrogens with one attached hydrogen (secondary N) is 2. The molecule has 0 aliphatic heterocycles. The van der Waals surface area contributed by atoms with E-state index in [0.29, 0.717) is 18.1 Å². The van der Waals surface area contributed by atoms with Gasteiger partial charge in [0.15, 0.2) is 5.69 Å². The highest BCUT2D eigenvalue weighted by Gasteiger charge is 2.14. The molecule has 7 nitrogen and oxygen atoms in total. The average molecular weight is 246 g/mol. The van der Waals surface area contributed by atoms with Crippen molar-refractivity contribution in [2.24, 2.45) is 0 Å². The molecular weight excluding hydrogens is 232 g/mol. The van der Waals surface area contributed by atoms with E-state index in [1.54, 1.807) is 38.6 Å². The minimum absolute atomic E-state index is 0.193. The molecule has 7 heteroatoms. The topological polar surface area (TPSA) is 86.8 Å². The number of imidazole rings is 1. The maximum atomic E-state index is 12.0. The van der Waals surface area contributed by atoms with Gasteiger partial charge in [0, 0.05) is 26.5 Å². The van der Waals surface area contributed by atoms with Gasteiger partial charge in [0.25, 0.3) is 5.91 Å². The van der Waals surface area contributed by atoms with Gasteiger partial charge < -0.3 is 15.2 Å². The fraction of sp³-hybridized carbons (Fsp3) is 0.273. The van der Waals surface area contributed by atoms with Crippen LogP contribution >= 0.6 is 0 Å². The summed E-state index contributed by atoms with van der Waals surface area (Å²) in [6, 6.07) is 3.35. The van der Waals surface area contributed by atoms with Crippen LogP contribution in [0.25, 0.3) is 0 Å². The quantitative estimate of drug-likeness (QED) is 0.821. The molecule has 0 saturated heterocycles. The van der Waals surface area contributed by atoms with E-state index in [1.807, 2.05) is 0 Å². The van der Waals surface area contributed by atoms with Crippen molar-refractivity contribution in [3.63, 3.8) is 0 Å². The zero-order valence-corrected chi connectivity index (χ0v) is 10.2. The summed E-state index contributed by atoms with van der Waals surface area (Å²) in [5.74, 6) is 1.16. The number of carbonyl (C=O) groups is 1. The Kier molecular flexibility index (Phi) is 3.52. The largest absolute Gasteiger partial charge is 0.372 e. The summed E-state index contributed by atoms with van der Waals surface area (Å²) in [4.78, 5) is 20.6. The van der Waals surface area contributed by atoms with Crippen LogP contribution < -0.4 is 5.32 Å². The molecule has 0 aliphatic rings. The second-order valence-electron chi connectivity index (χ2n) is 3.75. The van der Waals surface area contributed by atoms with E-state index < -0.39 is 0 Å². The third kappa shape index (κ3) is 2.62. The normalized spacial score (nSPS) is 10.1. The van der Waals surface area contributed by atoms with Crippen molar-refractivity contribution < 1.29 is 4.79 Å². The van der Waals surface area contributed by atoms with Crippen molar-refractivity contribution in [2.45, 2.75) is 6.54 Å². The molecule has 0 aromatic carbocycles. The van der Waals surface area contributed by atoms with Crippen LogP contribution in [0.4, 0.5) is 5.82 Å². The first kappa shape index (κ1) is 12.0. The van der Waals surface area contributed by atoms with Crippen LogP contribution in [0.2, 0.25) is 0 Å². The molecular formula is C11H14N6O. The van der Waals surface area contributed by atoms with E-state index in [1.165, 1.54) is 4.90 Å². The maximum Gasteiger partial charge on any atom is 0.274 e. The number of nitrogens with zero attached hydrogens (tertiary/aromatic N) is 4. The molecule has 2 rings (SSSR count). The van der Waals surface area contributed by atoms with Gasteiger partial charge in [-0.3, -0.25) is 4.79 Å². The molecule has 0 unspecified atom stereocenters. The highest BCUT2D eigenvalue weighted by molar-refractivity contribution is 5.91. The van der Waals surface area contributed by atoms with Crippen LogP contribution in [0.5, 0.6) is 0 Å². The Hall–Kier alpha value is -2.44. The molecule has 1 amide bonds. The smallest absolute Gasteiger partial charge is 0.274 e. The van der Waals surface area contributed by atoms with Gasteiger partial charge in [0.05, 0.1) is 6.54 Å². The second-order valence-corrected chi connectivity index (χ2v) is 3.75. The van der Waals surface area contributed by atoms with Crippen LogP contribution in [0.3, 0.4) is 0 Å². The molecule has 0 radical (unpaired) electrons. The van der Waals surface area contributed by atoms with Gasteiger partial charge in [-0.2, -0.15) is 0 Å². The molecule has 0 bridgehead atoms. The van der Waals surface area contributed by atoms with Gasteiger partial charge >= 0.3 is 0 Å². The second kappa shape index (κ2) is 5.26. The lowest BCUT2D eigenvalue weighted by Crippen LogP contribution is -2.27. The number of rotatable bonds is 4. The lowest BCUT2D eigenvalue weighted by Gasteiger charge is -2.14. The number of hydrogen-bond acceptors (Lipinski definition) is 5. The van der Waals surface area contributed by atoms with Gasteiger partial charge in [-0.25, -0.2) is 4.98 Å². The zero-order valence-electron chi connectivity index (χ0n) is 10.2. The molecule has 0 fully saturated rings. The van der Waals surface area contributed by atoms with E-state index >= 15 is 0 Å². The first-order valence-electron chi connectivity index (χ1n) is 5.46. The molecule has 2 aromatic heterocycles. The van der Waals surface area contributed by atoms with Crippen molar-refractivity contribution in [1.29, 1.82) is 0 Å². The highest BCUT2D eigenvalue weighted by atomic mass is 16.2. The lowest BCUT2D eigenvalue weighted by atomic mass is 10.3. The summed E-state index contributed by atoms with van der Waals surface area (Å²) in [7, 11) is 3.44. The van der Waals surface area contributed by atoms with Crippen molar-refractivity contribution in [1.82, 2.24) is 25.1 Å². The van der Waals surface area contributed by atoms with Gasteiger partial charge in [-0.1, -0.05) is 0 Å². The Morgan fingerprint density at radius 3 is 2.83 bits per heavy atom. The minimum atomic E-state index is -0.193. The Bertz CT molecular complexity index is 507. The number of amides is 1. The summed E-state index contributed by atoms with van der Waals surface area (Å²) in [6.07, 6.45) is 3.37. The van der Waals surface area contributed by atoms with E-state index in [-0.39, 0.29) is 5.91 Å². The molecule has 2 heterocycles. The first-order valence-corrected chi connectivity index (χ1v) is 5.46. The number of hydrogen-bond donors (Lipinski definition) is 2. The van der Waals surface area contributed by atoms with Crippen LogP contribution in [0, 0.1) is 0 Å². The molecule has 0 saturated carbocycles. The average Bonchev–Trinajstić information content (AvgIpc) is 2.91. The van der Waals surface area contributed by atoms with E-state index in [9.17, 15) is 4.79 Å². The Balaban J connectivity index is 2.05. The van der Waals surface area contributed by atoms with E-state index in [4.69, 9.17) is 0 Å². The van der Waals surface area contributed by atoms with Crippen molar-refractivity contribution in [3.05, 3.63) is 36.0 Å². The maximum absolute atomic E-state index is 12.0. The van der Waals surface area contributed by atoms with Crippen LogP contribution in [-0.4, -0.2) is 45.1 Å². The number of anilines is 1. The van der Waals surface area contributed by atoms with Gasteiger partial charge in [0.1, 0.15) is 11.6 Å². The van der Waals surface area contributed by atoms with Crippen molar-refractivity contribution in [2.75, 3.05) is 19.4 Å². The van der Waals surface area contributed by atoms with Crippen LogP contribution in [-0.2, 0) is 6.54 Å². The molecule has 94 valence electrons. The summed E-state index contributed by atoms with van der Waals surface area (Å²) in [6.45, 7) is 0.404. The lowest BCUT2D eigenvalue weighted by molar-refractivity contribution is 0.0775. The van der Waals surface area contributed by atoms with Crippen molar-refractivity contribution in [3.8, 4) is 0 Å². The Labute approximate surface area is 104 Å². The fourth-order valence-electron chi connectivity index (χ4n) is 1.46. The first-order chi connectivity index (χ1) is 8.70. The molecule has 0 spiro atoms. The van der Waals surface area contributed by atoms with Gasteiger partial charge in [0.2, 0.25) is 0 Å². The SMILES string of the molecule is CNc1ccc(C(=O)N(C)Cc2ncc[nH]2)nn1. The summed E-state index contributed by atoms with van der Waals surface area (Å²) in [5.41, 5.74) is 0.308. The number of carbonyl (C=O) groups excluding carboxylic acids is 1. The monoisotopic (exact) mass is 246 g/mol. The molecule has 18 heavy (non-hydrogen) atoms. The molecule has 0 atom stereocenters. The van der Waals surface area contributed by atoms with E-state index in [2.05, 4.69) is 25.5 Å². The zero-order chi connectivity index (χ0) is 13.0. The number of aromatic amines is 1. The highest BCUT2D eigenvalue weighted by Crippen LogP contribution is 2.05. The summed E-state index contributed by atoms with van der Waals surface area (Å²) < 4.78 is 0. The van der Waals surface area contributed by atoms with Crippen LogP contribution in [0.1, 0.15) is 16.3 Å². The third-order valence-corrected chi connectivity index (χ3v) is 2.43. The van der Waals surface area contributed by atoms with Gasteiger partial charge in [-0.05, 0) is 12.1 Å². The Morgan fingerprint density at radius 1 is 1.44 bits per heavy atom. The van der Waals surface area contributed by atoms with Crippen molar-refractivity contribution >= 4 is 11.7 Å². The standard InChI is InChI=1S/C11H14N6O/c1-12-9-4-3-8(15-16-9)11(18)17(2)7-10-13-5-6-14-10/h3-6H,7H2,1-2H3,(H,12,16)(H,13,14). The van der Waals surface area contributed by atoms with E-state index in [0.717, 1.165) is 5.82 Å². The molecule has 0 aliphatic carbocycles. The van der Waals surface area contributed by atoms with Gasteiger partial charge in [-0.15, -0.1) is 10.2 Å². The predicted octanol–water partition coefficient (Wildman–Crippen LogP) is 0.514. The number of aromatic nitrogens is 4. The third-order valence-electron chi connectivity index (χ3n) is 2.43. The summed E-state index contributed by atoms with van der Waals surface area (Å²) >= 11 is 0. The predicted molar refractivity (Wildman–Crippen MR) is 66.0 cm³/mol.